The molecule has 1 amide bonds. The highest BCUT2D eigenvalue weighted by atomic mass is 32.2. The molecule has 0 fully saturated rings. The summed E-state index contributed by atoms with van der Waals surface area (Å²) in [6.45, 7) is 4.07. The van der Waals surface area contributed by atoms with Crippen molar-refractivity contribution in [2.75, 3.05) is 11.9 Å². The van der Waals surface area contributed by atoms with Gasteiger partial charge < -0.3 is 10.1 Å². The predicted octanol–water partition coefficient (Wildman–Crippen LogP) is 2.15. The van der Waals surface area contributed by atoms with Crippen LogP contribution in [0, 0.1) is 0 Å². The highest BCUT2D eigenvalue weighted by molar-refractivity contribution is 7.90. The maximum Gasteiger partial charge on any atom is 0.263 e. The quantitative estimate of drug-likeness (QED) is 0.839. The predicted molar refractivity (Wildman–Crippen MR) is 99.0 cm³/mol. The van der Waals surface area contributed by atoms with Gasteiger partial charge in [-0.2, -0.15) is 0 Å². The van der Waals surface area contributed by atoms with Crippen molar-refractivity contribution >= 4 is 27.5 Å². The highest BCUT2D eigenvalue weighted by Crippen LogP contribution is 2.23. The van der Waals surface area contributed by atoms with Crippen molar-refractivity contribution in [2.24, 2.45) is 4.99 Å². The summed E-state index contributed by atoms with van der Waals surface area (Å²) < 4.78 is 31.9. The Hall–Kier alpha value is -2.87. The Balaban J connectivity index is 1.74. The molecule has 26 heavy (non-hydrogen) atoms. The van der Waals surface area contributed by atoms with E-state index in [1.807, 2.05) is 6.92 Å². The summed E-state index contributed by atoms with van der Waals surface area (Å²) >= 11 is 0. The number of sulfonamides is 1. The average Bonchev–Trinajstić information content (AvgIpc) is 2.88. The van der Waals surface area contributed by atoms with Crippen LogP contribution in [0.1, 0.15) is 19.4 Å². The minimum Gasteiger partial charge on any atom is -0.494 e. The zero-order valence-electron chi connectivity index (χ0n) is 14.4. The largest absolute Gasteiger partial charge is 0.494 e. The summed E-state index contributed by atoms with van der Waals surface area (Å²) in [4.78, 5) is 16.8. The van der Waals surface area contributed by atoms with E-state index in [4.69, 9.17) is 4.74 Å². The summed E-state index contributed by atoms with van der Waals surface area (Å²) in [5.74, 6) is 0.552. The number of amides is 1. The van der Waals surface area contributed by atoms with Gasteiger partial charge in [-0.3, -0.25) is 14.5 Å². The van der Waals surface area contributed by atoms with Crippen LogP contribution in [0.3, 0.4) is 0 Å². The molecule has 0 spiro atoms. The van der Waals surface area contributed by atoms with Crippen molar-refractivity contribution in [3.63, 3.8) is 0 Å². The Morgan fingerprint density at radius 2 is 1.88 bits per heavy atom. The molecule has 1 aliphatic heterocycles. The van der Waals surface area contributed by atoms with E-state index in [2.05, 4.69) is 15.0 Å². The lowest BCUT2D eigenvalue weighted by molar-refractivity contribution is -0.117. The van der Waals surface area contributed by atoms with Crippen LogP contribution in [-0.4, -0.2) is 32.8 Å². The fraction of sp³-hybridized carbons (Fsp3) is 0.222. The van der Waals surface area contributed by atoms with E-state index in [-0.39, 0.29) is 16.6 Å². The van der Waals surface area contributed by atoms with E-state index in [0.717, 1.165) is 5.75 Å². The third-order valence-electron chi connectivity index (χ3n) is 3.80. The lowest BCUT2D eigenvalue weighted by atomic mass is 10.2. The van der Waals surface area contributed by atoms with Crippen molar-refractivity contribution in [2.45, 2.75) is 24.8 Å². The van der Waals surface area contributed by atoms with E-state index >= 15 is 0 Å². The average molecular weight is 373 g/mol. The summed E-state index contributed by atoms with van der Waals surface area (Å²) in [5.41, 5.74) is 1.08. The van der Waals surface area contributed by atoms with Crippen molar-refractivity contribution in [3.8, 4) is 5.75 Å². The number of rotatable bonds is 5. The standard InChI is InChI=1S/C18H19N3O4S/c1-3-25-14-10-8-13(9-11-14)20-18(22)12(2)19-17-15-6-4-5-7-16(15)26(23,24)21-17/h4-12H,3H2,1-2H3,(H,19,21)(H,20,22)/t12-/m0/s1. The number of hydrogen-bond donors (Lipinski definition) is 2. The molecule has 0 saturated carbocycles. The van der Waals surface area contributed by atoms with E-state index in [0.29, 0.717) is 17.9 Å². The second-order valence-corrected chi connectivity index (χ2v) is 7.35. The first-order valence-electron chi connectivity index (χ1n) is 8.14. The smallest absolute Gasteiger partial charge is 0.263 e. The molecule has 2 aromatic rings. The van der Waals surface area contributed by atoms with Gasteiger partial charge in [0.05, 0.1) is 11.5 Å². The first-order chi connectivity index (χ1) is 12.4. The van der Waals surface area contributed by atoms with Gasteiger partial charge in [0.2, 0.25) is 5.91 Å². The molecule has 136 valence electrons. The lowest BCUT2D eigenvalue weighted by Gasteiger charge is -2.10. The van der Waals surface area contributed by atoms with Crippen LogP contribution in [0.4, 0.5) is 5.69 Å². The number of hydrogen-bond acceptors (Lipinski definition) is 5. The molecule has 2 N–H and O–H groups in total. The van der Waals surface area contributed by atoms with Gasteiger partial charge in [0.15, 0.2) is 0 Å². The second-order valence-electron chi connectivity index (χ2n) is 5.70. The van der Waals surface area contributed by atoms with Crippen molar-refractivity contribution in [3.05, 3.63) is 54.1 Å². The molecule has 1 aliphatic rings. The minimum atomic E-state index is -3.62. The van der Waals surface area contributed by atoms with Gasteiger partial charge in [-0.05, 0) is 50.2 Å². The Bertz CT molecular complexity index is 953. The number of nitrogens with zero attached hydrogens (tertiary/aromatic N) is 1. The molecule has 7 nitrogen and oxygen atoms in total. The first-order valence-corrected chi connectivity index (χ1v) is 9.63. The fourth-order valence-corrected chi connectivity index (χ4v) is 3.77. The molecule has 1 atom stereocenters. The Morgan fingerprint density at radius 1 is 1.19 bits per heavy atom. The van der Waals surface area contributed by atoms with E-state index < -0.39 is 16.1 Å². The number of carbonyl (C=O) groups excluding carboxylic acids is 1. The first kappa shape index (κ1) is 17.9. The van der Waals surface area contributed by atoms with Gasteiger partial charge >= 0.3 is 0 Å². The molecule has 0 bridgehead atoms. The van der Waals surface area contributed by atoms with Crippen LogP contribution >= 0.6 is 0 Å². The number of anilines is 1. The van der Waals surface area contributed by atoms with Crippen LogP contribution < -0.4 is 14.8 Å². The lowest BCUT2D eigenvalue weighted by Crippen LogP contribution is -2.28. The number of carbonyl (C=O) groups is 1. The zero-order chi connectivity index (χ0) is 18.7. The van der Waals surface area contributed by atoms with E-state index in [1.165, 1.54) is 6.07 Å². The van der Waals surface area contributed by atoms with E-state index in [1.54, 1.807) is 49.4 Å². The Labute approximate surface area is 152 Å². The van der Waals surface area contributed by atoms with Crippen molar-refractivity contribution in [1.29, 1.82) is 0 Å². The van der Waals surface area contributed by atoms with Gasteiger partial charge in [-0.1, -0.05) is 12.1 Å². The third kappa shape index (κ3) is 3.70. The van der Waals surface area contributed by atoms with Crippen LogP contribution in [0.5, 0.6) is 5.75 Å². The summed E-state index contributed by atoms with van der Waals surface area (Å²) in [7, 11) is -3.62. The van der Waals surface area contributed by atoms with Gasteiger partial charge in [0, 0.05) is 11.3 Å². The van der Waals surface area contributed by atoms with Crippen LogP contribution in [0.25, 0.3) is 0 Å². The molecule has 0 aliphatic carbocycles. The molecule has 0 aromatic heterocycles. The topological polar surface area (TPSA) is 96.9 Å². The molecule has 0 unspecified atom stereocenters. The van der Waals surface area contributed by atoms with Crippen molar-refractivity contribution < 1.29 is 17.9 Å². The molecule has 2 aromatic carbocycles. The number of nitrogens with one attached hydrogen (secondary N) is 2. The van der Waals surface area contributed by atoms with Crippen LogP contribution in [-0.2, 0) is 14.8 Å². The monoisotopic (exact) mass is 373 g/mol. The summed E-state index contributed by atoms with van der Waals surface area (Å²) in [5, 5.41) is 2.75. The minimum absolute atomic E-state index is 0.165. The van der Waals surface area contributed by atoms with Gasteiger partial charge in [-0.25, -0.2) is 8.42 Å². The molecule has 0 radical (unpaired) electrons. The highest BCUT2D eigenvalue weighted by Gasteiger charge is 2.31. The Morgan fingerprint density at radius 3 is 2.58 bits per heavy atom. The molecule has 8 heteroatoms. The zero-order valence-corrected chi connectivity index (χ0v) is 15.2. The van der Waals surface area contributed by atoms with Gasteiger partial charge in [0.25, 0.3) is 10.0 Å². The fourth-order valence-electron chi connectivity index (χ4n) is 2.53. The summed E-state index contributed by atoms with van der Waals surface area (Å²) in [6.07, 6.45) is 0. The number of ether oxygens (including phenoxy) is 1. The second kappa shape index (κ2) is 7.17. The molecule has 1 heterocycles. The summed E-state index contributed by atoms with van der Waals surface area (Å²) in [6, 6.07) is 12.7. The third-order valence-corrected chi connectivity index (χ3v) is 5.19. The molecular weight excluding hydrogens is 354 g/mol. The Kier molecular flexibility index (Phi) is 4.94. The number of fused-ring (bicyclic) bond motifs is 1. The number of aliphatic imine (C=N–C) groups is 1. The van der Waals surface area contributed by atoms with Crippen LogP contribution in [0.15, 0.2) is 58.4 Å². The number of amidine groups is 1. The maximum atomic E-state index is 12.4. The van der Waals surface area contributed by atoms with Gasteiger partial charge in [0.1, 0.15) is 17.6 Å². The van der Waals surface area contributed by atoms with Crippen LogP contribution in [0.2, 0.25) is 0 Å². The molecule has 3 rings (SSSR count). The molecule has 0 saturated heterocycles. The molecular formula is C18H19N3O4S. The van der Waals surface area contributed by atoms with Gasteiger partial charge in [-0.15, -0.1) is 0 Å². The SMILES string of the molecule is CCOc1ccc(NC(=O)[C@H](C)N=C2NS(=O)(=O)c3ccccc32)cc1. The maximum absolute atomic E-state index is 12.4. The number of benzene rings is 2. The van der Waals surface area contributed by atoms with E-state index in [9.17, 15) is 13.2 Å². The van der Waals surface area contributed by atoms with Crippen molar-refractivity contribution in [1.82, 2.24) is 4.72 Å². The normalized spacial score (nSPS) is 17.2.